The molecule has 0 aromatic heterocycles. The van der Waals surface area contributed by atoms with Gasteiger partial charge in [-0.25, -0.2) is 0 Å². The molecule has 0 aliphatic carbocycles. The second-order valence-electron chi connectivity index (χ2n) is 6.69. The van der Waals surface area contributed by atoms with Gasteiger partial charge in [-0.15, -0.1) is 0 Å². The third-order valence-electron chi connectivity index (χ3n) is 3.57. The summed E-state index contributed by atoms with van der Waals surface area (Å²) in [5.74, 6) is 0.511. The molecule has 24 heavy (non-hydrogen) atoms. The van der Waals surface area contributed by atoms with Gasteiger partial charge < -0.3 is 10.1 Å². The van der Waals surface area contributed by atoms with Gasteiger partial charge in [0.15, 0.2) is 6.61 Å². The highest BCUT2D eigenvalue weighted by Gasteiger charge is 2.20. The van der Waals surface area contributed by atoms with Crippen LogP contribution in [0.2, 0.25) is 5.02 Å². The molecule has 0 atom stereocenters. The van der Waals surface area contributed by atoms with Crippen LogP contribution in [-0.4, -0.2) is 12.5 Å². The summed E-state index contributed by atoms with van der Waals surface area (Å²) in [4.78, 5) is 12.2. The van der Waals surface area contributed by atoms with Gasteiger partial charge in [0.1, 0.15) is 5.75 Å². The van der Waals surface area contributed by atoms with Crippen molar-refractivity contribution in [2.24, 2.45) is 0 Å². The lowest BCUT2D eigenvalue weighted by atomic mass is 9.86. The summed E-state index contributed by atoms with van der Waals surface area (Å²) >= 11 is 9.41. The molecule has 2 rings (SSSR count). The number of aryl methyl sites for hydroxylation is 1. The fourth-order valence-electron chi connectivity index (χ4n) is 2.31. The fraction of sp³-hybridized carbons (Fsp3) is 0.316. The van der Waals surface area contributed by atoms with Crippen LogP contribution < -0.4 is 10.1 Å². The summed E-state index contributed by atoms with van der Waals surface area (Å²) in [5.41, 5.74) is 2.62. The second kappa shape index (κ2) is 7.58. The van der Waals surface area contributed by atoms with Crippen LogP contribution in [0.3, 0.4) is 0 Å². The molecular formula is C19H21BrClNO2. The number of nitrogens with one attached hydrogen (secondary N) is 1. The van der Waals surface area contributed by atoms with Crippen molar-refractivity contribution in [3.63, 3.8) is 0 Å². The molecular weight excluding hydrogens is 390 g/mol. The zero-order valence-electron chi connectivity index (χ0n) is 14.2. The number of halogens is 2. The van der Waals surface area contributed by atoms with Crippen LogP contribution in [-0.2, 0) is 10.2 Å². The molecule has 1 N–H and O–H groups in total. The van der Waals surface area contributed by atoms with E-state index in [1.807, 2.05) is 31.2 Å². The lowest BCUT2D eigenvalue weighted by Crippen LogP contribution is -2.22. The van der Waals surface area contributed by atoms with Crippen LogP contribution in [0.15, 0.2) is 40.9 Å². The highest BCUT2D eigenvalue weighted by atomic mass is 79.9. The summed E-state index contributed by atoms with van der Waals surface area (Å²) in [6, 6.07) is 11.2. The normalized spacial score (nSPS) is 11.2. The van der Waals surface area contributed by atoms with E-state index in [-0.39, 0.29) is 17.9 Å². The van der Waals surface area contributed by atoms with Gasteiger partial charge in [0.2, 0.25) is 0 Å². The Morgan fingerprint density at radius 2 is 1.92 bits per heavy atom. The quantitative estimate of drug-likeness (QED) is 0.699. The summed E-state index contributed by atoms with van der Waals surface area (Å²) in [6.45, 7) is 8.18. The van der Waals surface area contributed by atoms with Gasteiger partial charge in [0.05, 0.1) is 0 Å². The third kappa shape index (κ3) is 4.99. The first kappa shape index (κ1) is 18.8. The largest absolute Gasteiger partial charge is 0.483 e. The maximum absolute atomic E-state index is 12.2. The molecule has 1 amide bonds. The highest BCUT2D eigenvalue weighted by Crippen LogP contribution is 2.33. The molecule has 0 aliphatic rings. The van der Waals surface area contributed by atoms with Crippen molar-refractivity contribution in [2.45, 2.75) is 33.1 Å². The fourth-order valence-corrected chi connectivity index (χ4v) is 2.90. The summed E-state index contributed by atoms with van der Waals surface area (Å²) in [7, 11) is 0. The van der Waals surface area contributed by atoms with Gasteiger partial charge in [-0.3, -0.25) is 4.79 Å². The topological polar surface area (TPSA) is 38.3 Å². The SMILES string of the molecule is Cc1cc(Cl)ccc1NC(=O)COc1ccc(Br)cc1C(C)(C)C. The molecule has 3 nitrogen and oxygen atoms in total. The number of benzene rings is 2. The summed E-state index contributed by atoms with van der Waals surface area (Å²) in [6.07, 6.45) is 0. The van der Waals surface area contributed by atoms with E-state index in [1.54, 1.807) is 12.1 Å². The Morgan fingerprint density at radius 3 is 2.54 bits per heavy atom. The predicted octanol–water partition coefficient (Wildman–Crippen LogP) is 5.73. The van der Waals surface area contributed by atoms with Crippen molar-refractivity contribution in [2.75, 3.05) is 11.9 Å². The van der Waals surface area contributed by atoms with Crippen molar-refractivity contribution >= 4 is 39.1 Å². The zero-order valence-corrected chi connectivity index (χ0v) is 16.6. The molecule has 0 bridgehead atoms. The highest BCUT2D eigenvalue weighted by molar-refractivity contribution is 9.10. The van der Waals surface area contributed by atoms with Crippen molar-refractivity contribution in [3.8, 4) is 5.75 Å². The van der Waals surface area contributed by atoms with E-state index in [4.69, 9.17) is 16.3 Å². The van der Waals surface area contributed by atoms with E-state index in [9.17, 15) is 4.79 Å². The number of amides is 1. The molecule has 0 unspecified atom stereocenters. The van der Waals surface area contributed by atoms with Crippen molar-refractivity contribution in [1.82, 2.24) is 0 Å². The smallest absolute Gasteiger partial charge is 0.262 e. The Bertz CT molecular complexity index is 754. The second-order valence-corrected chi connectivity index (χ2v) is 8.04. The van der Waals surface area contributed by atoms with E-state index >= 15 is 0 Å². The Kier molecular flexibility index (Phi) is 5.94. The molecule has 2 aromatic rings. The van der Waals surface area contributed by atoms with E-state index in [2.05, 4.69) is 42.0 Å². The number of carbonyl (C=O) groups is 1. The van der Waals surface area contributed by atoms with Gasteiger partial charge in [-0.05, 0) is 54.3 Å². The van der Waals surface area contributed by atoms with Crippen LogP contribution in [0.4, 0.5) is 5.69 Å². The molecule has 0 fully saturated rings. The first-order valence-corrected chi connectivity index (χ1v) is 8.83. The number of carbonyl (C=O) groups excluding carboxylic acids is 1. The predicted molar refractivity (Wildman–Crippen MR) is 103 cm³/mol. The number of hydrogen-bond acceptors (Lipinski definition) is 2. The number of ether oxygens (including phenoxy) is 1. The Labute approximate surface area is 156 Å². The number of rotatable bonds is 4. The molecule has 0 saturated carbocycles. The first-order valence-electron chi connectivity index (χ1n) is 7.65. The number of hydrogen-bond donors (Lipinski definition) is 1. The molecule has 0 radical (unpaired) electrons. The molecule has 2 aromatic carbocycles. The average Bonchev–Trinajstić information content (AvgIpc) is 2.48. The molecule has 0 heterocycles. The van der Waals surface area contributed by atoms with Crippen LogP contribution in [0.1, 0.15) is 31.9 Å². The van der Waals surface area contributed by atoms with Crippen molar-refractivity contribution < 1.29 is 9.53 Å². The van der Waals surface area contributed by atoms with E-state index in [1.165, 1.54) is 0 Å². The lowest BCUT2D eigenvalue weighted by molar-refractivity contribution is -0.118. The first-order chi connectivity index (χ1) is 11.2. The summed E-state index contributed by atoms with van der Waals surface area (Å²) in [5, 5.41) is 3.49. The monoisotopic (exact) mass is 409 g/mol. The minimum absolute atomic E-state index is 0.0488. The minimum atomic E-state index is -0.205. The van der Waals surface area contributed by atoms with E-state index in [0.29, 0.717) is 10.8 Å². The molecule has 0 aliphatic heterocycles. The molecule has 128 valence electrons. The molecule has 0 spiro atoms. The Balaban J connectivity index is 2.07. The summed E-state index contributed by atoms with van der Waals surface area (Å²) < 4.78 is 6.74. The van der Waals surface area contributed by atoms with E-state index < -0.39 is 0 Å². The standard InChI is InChI=1S/C19H21BrClNO2/c1-12-9-14(21)6-7-16(12)22-18(23)11-24-17-8-5-13(20)10-15(17)19(2,3)4/h5-10H,11H2,1-4H3,(H,22,23). The van der Waals surface area contributed by atoms with Crippen LogP contribution in [0.5, 0.6) is 5.75 Å². The van der Waals surface area contributed by atoms with Gasteiger partial charge in [-0.1, -0.05) is 48.3 Å². The molecule has 5 heteroatoms. The average molecular weight is 411 g/mol. The lowest BCUT2D eigenvalue weighted by Gasteiger charge is -2.23. The Hall–Kier alpha value is -1.52. The van der Waals surface area contributed by atoms with Crippen LogP contribution >= 0.6 is 27.5 Å². The van der Waals surface area contributed by atoms with Crippen LogP contribution in [0, 0.1) is 6.92 Å². The third-order valence-corrected chi connectivity index (χ3v) is 4.30. The van der Waals surface area contributed by atoms with Crippen LogP contribution in [0.25, 0.3) is 0 Å². The van der Waals surface area contributed by atoms with Gasteiger partial charge in [-0.2, -0.15) is 0 Å². The van der Waals surface area contributed by atoms with E-state index in [0.717, 1.165) is 21.3 Å². The Morgan fingerprint density at radius 1 is 1.21 bits per heavy atom. The van der Waals surface area contributed by atoms with Gasteiger partial charge >= 0.3 is 0 Å². The zero-order chi connectivity index (χ0) is 17.9. The van der Waals surface area contributed by atoms with Gasteiger partial charge in [0.25, 0.3) is 5.91 Å². The number of anilines is 1. The van der Waals surface area contributed by atoms with Gasteiger partial charge in [0, 0.05) is 20.7 Å². The van der Waals surface area contributed by atoms with Crippen molar-refractivity contribution in [3.05, 3.63) is 57.0 Å². The minimum Gasteiger partial charge on any atom is -0.483 e. The maximum Gasteiger partial charge on any atom is 0.262 e. The maximum atomic E-state index is 12.2. The van der Waals surface area contributed by atoms with Crippen molar-refractivity contribution in [1.29, 1.82) is 0 Å². The molecule has 0 saturated heterocycles.